The molecule has 1 fully saturated rings. The summed E-state index contributed by atoms with van der Waals surface area (Å²) in [5.74, 6) is 1.30. The van der Waals surface area contributed by atoms with E-state index in [1.807, 2.05) is 10.6 Å². The zero-order valence-electron chi connectivity index (χ0n) is 13.4. The van der Waals surface area contributed by atoms with Gasteiger partial charge in [0.25, 0.3) is 0 Å². The number of nitrogens with zero attached hydrogens (tertiary/aromatic N) is 5. The molecule has 24 heavy (non-hydrogen) atoms. The molecule has 1 aliphatic rings. The van der Waals surface area contributed by atoms with Crippen molar-refractivity contribution in [1.82, 2.24) is 29.6 Å². The summed E-state index contributed by atoms with van der Waals surface area (Å²) in [5, 5.41) is 8.16. The van der Waals surface area contributed by atoms with Crippen LogP contribution in [0.3, 0.4) is 0 Å². The van der Waals surface area contributed by atoms with Gasteiger partial charge in [0.15, 0.2) is 11.6 Å². The highest BCUT2D eigenvalue weighted by Gasteiger charge is 2.26. The average Bonchev–Trinajstić information content (AvgIpc) is 3.22. The van der Waals surface area contributed by atoms with E-state index >= 15 is 0 Å². The van der Waals surface area contributed by atoms with Crippen LogP contribution in [-0.2, 0) is 17.8 Å². The fourth-order valence-corrected chi connectivity index (χ4v) is 3.09. The van der Waals surface area contributed by atoms with E-state index in [1.165, 1.54) is 6.07 Å². The minimum atomic E-state index is -0.300. The molecule has 3 aromatic rings. The van der Waals surface area contributed by atoms with Gasteiger partial charge in [0.2, 0.25) is 0 Å². The molecule has 1 aliphatic heterocycles. The number of halogens is 1. The number of para-hydroxylation sites is 1. The second-order valence-electron chi connectivity index (χ2n) is 5.89. The van der Waals surface area contributed by atoms with Crippen molar-refractivity contribution in [1.29, 1.82) is 0 Å². The van der Waals surface area contributed by atoms with Crippen LogP contribution < -0.4 is 0 Å². The molecule has 0 aliphatic carbocycles. The Kier molecular flexibility index (Phi) is 3.99. The third-order valence-corrected chi connectivity index (χ3v) is 4.31. The number of rotatable bonds is 4. The van der Waals surface area contributed by atoms with Crippen LogP contribution >= 0.6 is 0 Å². The SMILES string of the molecule is CCn1cnnc1[C@H]1CN(Cc2nc3c(F)cccc3[nH]2)CCO1. The van der Waals surface area contributed by atoms with Gasteiger partial charge < -0.3 is 14.3 Å². The van der Waals surface area contributed by atoms with Crippen molar-refractivity contribution in [2.45, 2.75) is 26.1 Å². The van der Waals surface area contributed by atoms with Crippen molar-refractivity contribution in [3.63, 3.8) is 0 Å². The first kappa shape index (κ1) is 15.2. The van der Waals surface area contributed by atoms with E-state index in [1.54, 1.807) is 12.4 Å². The summed E-state index contributed by atoms with van der Waals surface area (Å²) < 4.78 is 21.6. The summed E-state index contributed by atoms with van der Waals surface area (Å²) in [7, 11) is 0. The van der Waals surface area contributed by atoms with E-state index in [9.17, 15) is 4.39 Å². The van der Waals surface area contributed by atoms with E-state index in [4.69, 9.17) is 4.74 Å². The van der Waals surface area contributed by atoms with Crippen LogP contribution in [-0.4, -0.2) is 49.3 Å². The molecule has 7 nitrogen and oxygen atoms in total. The van der Waals surface area contributed by atoms with Crippen molar-refractivity contribution < 1.29 is 9.13 Å². The normalized spacial score (nSPS) is 19.2. The molecule has 0 unspecified atom stereocenters. The van der Waals surface area contributed by atoms with Crippen molar-refractivity contribution in [2.24, 2.45) is 0 Å². The van der Waals surface area contributed by atoms with Gasteiger partial charge in [-0.2, -0.15) is 0 Å². The molecule has 0 radical (unpaired) electrons. The largest absolute Gasteiger partial charge is 0.368 e. The summed E-state index contributed by atoms with van der Waals surface area (Å²) in [6.45, 7) is 5.61. The molecule has 1 N–H and O–H groups in total. The third kappa shape index (κ3) is 2.78. The lowest BCUT2D eigenvalue weighted by Gasteiger charge is -2.31. The number of aromatic nitrogens is 5. The highest BCUT2D eigenvalue weighted by atomic mass is 19.1. The Hall–Kier alpha value is -2.32. The number of hydrogen-bond donors (Lipinski definition) is 1. The van der Waals surface area contributed by atoms with Gasteiger partial charge in [0.05, 0.1) is 18.7 Å². The number of H-pyrrole nitrogens is 1. The molecule has 0 bridgehead atoms. The van der Waals surface area contributed by atoms with Gasteiger partial charge in [0.1, 0.15) is 23.8 Å². The van der Waals surface area contributed by atoms with E-state index < -0.39 is 0 Å². The Morgan fingerprint density at radius 3 is 3.17 bits per heavy atom. The molecule has 2 aromatic heterocycles. The Morgan fingerprint density at radius 2 is 2.33 bits per heavy atom. The van der Waals surface area contributed by atoms with Crippen LogP contribution in [0.15, 0.2) is 24.5 Å². The lowest BCUT2D eigenvalue weighted by molar-refractivity contribution is -0.0395. The summed E-state index contributed by atoms with van der Waals surface area (Å²) in [6, 6.07) is 4.94. The highest BCUT2D eigenvalue weighted by molar-refractivity contribution is 5.75. The highest BCUT2D eigenvalue weighted by Crippen LogP contribution is 2.22. The standard InChI is InChI=1S/C16H19FN6O/c1-2-23-10-18-21-16(23)13-8-22(6-7-24-13)9-14-19-12-5-3-4-11(17)15(12)20-14/h3-5,10,13H,2,6-9H2,1H3,(H,19,20)/t13-/m1/s1. The zero-order valence-corrected chi connectivity index (χ0v) is 13.4. The topological polar surface area (TPSA) is 71.9 Å². The molecule has 1 aromatic carbocycles. The summed E-state index contributed by atoms with van der Waals surface area (Å²) in [6.07, 6.45) is 1.61. The first-order valence-electron chi connectivity index (χ1n) is 8.09. The van der Waals surface area contributed by atoms with E-state index in [0.717, 1.165) is 30.3 Å². The van der Waals surface area contributed by atoms with Crippen molar-refractivity contribution >= 4 is 11.0 Å². The Labute approximate surface area is 138 Å². The number of hydrogen-bond acceptors (Lipinski definition) is 5. The number of fused-ring (bicyclic) bond motifs is 1. The Balaban J connectivity index is 1.50. The molecular formula is C16H19FN6O. The quantitative estimate of drug-likeness (QED) is 0.791. The van der Waals surface area contributed by atoms with Crippen LogP contribution in [0, 0.1) is 5.82 Å². The van der Waals surface area contributed by atoms with Gasteiger partial charge in [-0.05, 0) is 19.1 Å². The predicted octanol–water partition coefficient (Wildman–Crippen LogP) is 1.89. The molecule has 8 heteroatoms. The monoisotopic (exact) mass is 330 g/mol. The van der Waals surface area contributed by atoms with Crippen LogP contribution in [0.25, 0.3) is 11.0 Å². The maximum atomic E-state index is 13.8. The van der Waals surface area contributed by atoms with Crippen LogP contribution in [0.4, 0.5) is 4.39 Å². The van der Waals surface area contributed by atoms with Crippen LogP contribution in [0.2, 0.25) is 0 Å². The number of nitrogens with one attached hydrogen (secondary N) is 1. The number of benzene rings is 1. The molecule has 0 saturated carbocycles. The molecule has 126 valence electrons. The van der Waals surface area contributed by atoms with Crippen molar-refractivity contribution in [3.05, 3.63) is 42.0 Å². The van der Waals surface area contributed by atoms with E-state index in [0.29, 0.717) is 25.2 Å². The van der Waals surface area contributed by atoms with Gasteiger partial charge in [-0.3, -0.25) is 4.90 Å². The van der Waals surface area contributed by atoms with Gasteiger partial charge in [0, 0.05) is 19.6 Å². The van der Waals surface area contributed by atoms with Gasteiger partial charge in [-0.1, -0.05) is 6.07 Å². The van der Waals surface area contributed by atoms with Crippen LogP contribution in [0.1, 0.15) is 24.7 Å². The molecule has 1 saturated heterocycles. The zero-order chi connectivity index (χ0) is 16.5. The number of aryl methyl sites for hydroxylation is 1. The Bertz CT molecular complexity index is 844. The fraction of sp³-hybridized carbons (Fsp3) is 0.438. The average molecular weight is 330 g/mol. The number of aromatic amines is 1. The first-order valence-corrected chi connectivity index (χ1v) is 8.09. The fourth-order valence-electron chi connectivity index (χ4n) is 3.09. The molecule has 1 atom stereocenters. The molecule has 0 amide bonds. The van der Waals surface area contributed by atoms with Gasteiger partial charge >= 0.3 is 0 Å². The van der Waals surface area contributed by atoms with Gasteiger partial charge in [-0.15, -0.1) is 10.2 Å². The second-order valence-corrected chi connectivity index (χ2v) is 5.89. The molecule has 4 rings (SSSR count). The molecule has 0 spiro atoms. The summed E-state index contributed by atoms with van der Waals surface area (Å²) in [5.41, 5.74) is 1.11. The number of ether oxygens (including phenoxy) is 1. The maximum absolute atomic E-state index is 13.8. The lowest BCUT2D eigenvalue weighted by atomic mass is 10.2. The smallest absolute Gasteiger partial charge is 0.163 e. The maximum Gasteiger partial charge on any atom is 0.163 e. The van der Waals surface area contributed by atoms with Crippen LogP contribution in [0.5, 0.6) is 0 Å². The second kappa shape index (κ2) is 6.29. The minimum Gasteiger partial charge on any atom is -0.368 e. The first-order chi connectivity index (χ1) is 11.7. The summed E-state index contributed by atoms with van der Waals surface area (Å²) in [4.78, 5) is 9.81. The third-order valence-electron chi connectivity index (χ3n) is 4.31. The number of imidazole rings is 1. The molecular weight excluding hydrogens is 311 g/mol. The van der Waals surface area contributed by atoms with Gasteiger partial charge in [-0.25, -0.2) is 9.37 Å². The van der Waals surface area contributed by atoms with Crippen molar-refractivity contribution in [3.8, 4) is 0 Å². The lowest BCUT2D eigenvalue weighted by Crippen LogP contribution is -2.39. The summed E-state index contributed by atoms with van der Waals surface area (Å²) >= 11 is 0. The van der Waals surface area contributed by atoms with Crippen molar-refractivity contribution in [2.75, 3.05) is 19.7 Å². The van der Waals surface area contributed by atoms with E-state index in [2.05, 4.69) is 32.0 Å². The van der Waals surface area contributed by atoms with E-state index in [-0.39, 0.29) is 11.9 Å². The predicted molar refractivity (Wildman–Crippen MR) is 85.7 cm³/mol. The number of morpholine rings is 1. The Morgan fingerprint density at radius 1 is 1.42 bits per heavy atom. The minimum absolute atomic E-state index is 0.109. The molecule has 3 heterocycles.